The summed E-state index contributed by atoms with van der Waals surface area (Å²) in [4.78, 5) is 30.4. The molecular weight excluding hydrogens is 394 g/mol. The summed E-state index contributed by atoms with van der Waals surface area (Å²) in [6.07, 6.45) is 1.49. The zero-order valence-corrected chi connectivity index (χ0v) is 18.0. The molecule has 2 aliphatic rings. The number of amides is 2. The van der Waals surface area contributed by atoms with Crippen molar-refractivity contribution in [3.8, 4) is 5.75 Å². The van der Waals surface area contributed by atoms with E-state index in [1.165, 1.54) is 0 Å². The zero-order chi connectivity index (χ0) is 20.8. The van der Waals surface area contributed by atoms with Crippen molar-refractivity contribution in [1.82, 2.24) is 14.7 Å². The van der Waals surface area contributed by atoms with Gasteiger partial charge in [0.25, 0.3) is 5.91 Å². The monoisotopic (exact) mass is 423 g/mol. The van der Waals surface area contributed by atoms with Gasteiger partial charge in [0.05, 0.1) is 18.8 Å². The van der Waals surface area contributed by atoms with Crippen molar-refractivity contribution in [3.05, 3.63) is 28.8 Å². The molecule has 2 fully saturated rings. The topological polar surface area (TPSA) is 62.3 Å². The Morgan fingerprint density at radius 1 is 1.21 bits per heavy atom. The summed E-state index contributed by atoms with van der Waals surface area (Å²) in [5.41, 5.74) is 0.482. The van der Waals surface area contributed by atoms with Crippen molar-refractivity contribution >= 4 is 23.4 Å². The van der Waals surface area contributed by atoms with Crippen LogP contribution in [0.2, 0.25) is 5.02 Å². The van der Waals surface area contributed by atoms with Gasteiger partial charge in [-0.05, 0) is 18.2 Å². The third-order valence-electron chi connectivity index (χ3n) is 5.56. The highest BCUT2D eigenvalue weighted by atomic mass is 35.5. The largest absolute Gasteiger partial charge is 0.489 e. The van der Waals surface area contributed by atoms with Crippen LogP contribution in [0.25, 0.3) is 0 Å². The molecule has 0 radical (unpaired) electrons. The van der Waals surface area contributed by atoms with Crippen molar-refractivity contribution in [1.29, 1.82) is 0 Å². The first-order valence-electron chi connectivity index (χ1n) is 10.2. The molecule has 0 atom stereocenters. The summed E-state index contributed by atoms with van der Waals surface area (Å²) >= 11 is 6.17. The second-order valence-electron chi connectivity index (χ2n) is 7.64. The number of likely N-dealkylation sites (N-methyl/N-ethyl adjacent to an activating group) is 1. The van der Waals surface area contributed by atoms with Crippen LogP contribution in [-0.2, 0) is 9.53 Å². The third-order valence-corrected chi connectivity index (χ3v) is 5.79. The molecule has 29 heavy (non-hydrogen) atoms. The Morgan fingerprint density at radius 3 is 2.55 bits per heavy atom. The van der Waals surface area contributed by atoms with Crippen molar-refractivity contribution in [3.63, 3.8) is 0 Å². The molecule has 0 spiro atoms. The molecule has 2 saturated heterocycles. The van der Waals surface area contributed by atoms with Gasteiger partial charge in [0.15, 0.2) is 0 Å². The number of nitrogens with zero attached hydrogens (tertiary/aromatic N) is 3. The molecule has 0 saturated carbocycles. The maximum Gasteiger partial charge on any atom is 0.257 e. The summed E-state index contributed by atoms with van der Waals surface area (Å²) < 4.78 is 11.5. The first-order chi connectivity index (χ1) is 13.9. The van der Waals surface area contributed by atoms with Crippen molar-refractivity contribution in [2.45, 2.75) is 25.9 Å². The SMILES string of the molecule is CC(=O)N1CCC(Oc2ccc(Cl)cc2C(=O)N(C)CCN2CCOCC2)CC1. The highest BCUT2D eigenvalue weighted by Crippen LogP contribution is 2.27. The average Bonchev–Trinajstić information content (AvgIpc) is 2.74. The lowest BCUT2D eigenvalue weighted by Gasteiger charge is -2.32. The Hall–Kier alpha value is -1.83. The number of morpholine rings is 1. The van der Waals surface area contributed by atoms with Crippen molar-refractivity contribution in [2.75, 3.05) is 59.5 Å². The van der Waals surface area contributed by atoms with Gasteiger partial charge in [-0.2, -0.15) is 0 Å². The number of likely N-dealkylation sites (tertiary alicyclic amines) is 1. The van der Waals surface area contributed by atoms with Crippen molar-refractivity contribution in [2.24, 2.45) is 0 Å². The Morgan fingerprint density at radius 2 is 1.90 bits per heavy atom. The molecule has 8 heteroatoms. The number of carbonyl (C=O) groups is 2. The van der Waals surface area contributed by atoms with Crippen LogP contribution in [0.3, 0.4) is 0 Å². The molecule has 0 aliphatic carbocycles. The van der Waals surface area contributed by atoms with Crippen LogP contribution in [0, 0.1) is 0 Å². The second kappa shape index (κ2) is 10.3. The molecule has 2 heterocycles. The lowest BCUT2D eigenvalue weighted by atomic mass is 10.1. The molecular formula is C21H30ClN3O4. The van der Waals surface area contributed by atoms with E-state index in [4.69, 9.17) is 21.1 Å². The van der Waals surface area contributed by atoms with Gasteiger partial charge in [-0.15, -0.1) is 0 Å². The van der Waals surface area contributed by atoms with E-state index in [-0.39, 0.29) is 17.9 Å². The van der Waals surface area contributed by atoms with E-state index < -0.39 is 0 Å². The van der Waals surface area contributed by atoms with Crippen LogP contribution < -0.4 is 4.74 Å². The minimum Gasteiger partial charge on any atom is -0.489 e. The zero-order valence-electron chi connectivity index (χ0n) is 17.2. The number of ether oxygens (including phenoxy) is 2. The van der Waals surface area contributed by atoms with Crippen LogP contribution in [-0.4, -0.2) is 92.1 Å². The predicted molar refractivity (Wildman–Crippen MR) is 112 cm³/mol. The molecule has 3 rings (SSSR count). The highest BCUT2D eigenvalue weighted by molar-refractivity contribution is 6.31. The third kappa shape index (κ3) is 6.07. The first kappa shape index (κ1) is 21.9. The standard InChI is InChI=1S/C21H30ClN3O4/c1-16(26)25-7-5-18(6-8-25)29-20-4-3-17(22)15-19(20)21(27)23(2)9-10-24-11-13-28-14-12-24/h3-4,15,18H,5-14H2,1-2H3. The molecule has 1 aromatic carbocycles. The predicted octanol–water partition coefficient (Wildman–Crippen LogP) is 2.13. The fourth-order valence-corrected chi connectivity index (χ4v) is 3.84. The molecule has 160 valence electrons. The molecule has 0 bridgehead atoms. The number of halogens is 1. The number of benzene rings is 1. The number of hydrogen-bond acceptors (Lipinski definition) is 5. The van der Waals surface area contributed by atoms with E-state index in [9.17, 15) is 9.59 Å². The number of rotatable bonds is 6. The van der Waals surface area contributed by atoms with Gasteiger partial charge in [0.1, 0.15) is 11.9 Å². The van der Waals surface area contributed by atoms with Gasteiger partial charge < -0.3 is 19.3 Å². The summed E-state index contributed by atoms with van der Waals surface area (Å²) in [6.45, 7) is 7.65. The normalized spacial score (nSPS) is 18.5. The van der Waals surface area contributed by atoms with Crippen molar-refractivity contribution < 1.29 is 19.1 Å². The van der Waals surface area contributed by atoms with E-state index in [1.807, 2.05) is 4.90 Å². The Labute approximate surface area is 177 Å². The number of carbonyl (C=O) groups excluding carboxylic acids is 2. The molecule has 0 N–H and O–H groups in total. The smallest absolute Gasteiger partial charge is 0.257 e. The minimum atomic E-state index is -0.100. The molecule has 7 nitrogen and oxygen atoms in total. The lowest BCUT2D eigenvalue weighted by molar-refractivity contribution is -0.130. The Balaban J connectivity index is 1.61. The van der Waals surface area contributed by atoms with Gasteiger partial charge >= 0.3 is 0 Å². The van der Waals surface area contributed by atoms with E-state index in [0.717, 1.165) is 45.7 Å². The summed E-state index contributed by atoms with van der Waals surface area (Å²) in [5.74, 6) is 0.545. The molecule has 0 aromatic heterocycles. The van der Waals surface area contributed by atoms with E-state index in [0.29, 0.717) is 36.0 Å². The number of piperidine rings is 1. The quantitative estimate of drug-likeness (QED) is 0.701. The van der Waals surface area contributed by atoms with Gasteiger partial charge in [-0.25, -0.2) is 0 Å². The molecule has 2 amide bonds. The minimum absolute atomic E-state index is 0.0167. The summed E-state index contributed by atoms with van der Waals surface area (Å²) in [7, 11) is 1.80. The van der Waals surface area contributed by atoms with Crippen LogP contribution in [0.5, 0.6) is 5.75 Å². The molecule has 2 aliphatic heterocycles. The van der Waals surface area contributed by atoms with Crippen LogP contribution in [0.15, 0.2) is 18.2 Å². The second-order valence-corrected chi connectivity index (χ2v) is 8.08. The van der Waals surface area contributed by atoms with Gasteiger partial charge in [0, 0.05) is 71.1 Å². The number of hydrogen-bond donors (Lipinski definition) is 0. The molecule has 0 unspecified atom stereocenters. The maximum absolute atomic E-state index is 13.1. The molecule has 1 aromatic rings. The van der Waals surface area contributed by atoms with Crippen LogP contribution in [0.4, 0.5) is 0 Å². The lowest BCUT2D eigenvalue weighted by Crippen LogP contribution is -2.42. The fourth-order valence-electron chi connectivity index (χ4n) is 3.66. The van der Waals surface area contributed by atoms with Gasteiger partial charge in [0.2, 0.25) is 5.91 Å². The Bertz CT molecular complexity index is 716. The van der Waals surface area contributed by atoms with Crippen LogP contribution >= 0.6 is 11.6 Å². The Kier molecular flexibility index (Phi) is 7.75. The average molecular weight is 424 g/mol. The summed E-state index contributed by atoms with van der Waals surface area (Å²) in [6, 6.07) is 5.18. The fraction of sp³-hybridized carbons (Fsp3) is 0.619. The van der Waals surface area contributed by atoms with E-state index >= 15 is 0 Å². The van der Waals surface area contributed by atoms with E-state index in [2.05, 4.69) is 4.90 Å². The highest BCUT2D eigenvalue weighted by Gasteiger charge is 2.25. The maximum atomic E-state index is 13.1. The van der Waals surface area contributed by atoms with Crippen LogP contribution in [0.1, 0.15) is 30.1 Å². The summed E-state index contributed by atoms with van der Waals surface area (Å²) in [5, 5.41) is 0.508. The first-order valence-corrected chi connectivity index (χ1v) is 10.6. The van der Waals surface area contributed by atoms with Gasteiger partial charge in [-0.3, -0.25) is 14.5 Å². The van der Waals surface area contributed by atoms with E-state index in [1.54, 1.807) is 37.1 Å². The van der Waals surface area contributed by atoms with Gasteiger partial charge in [-0.1, -0.05) is 11.6 Å².